The molecule has 1 saturated heterocycles. The zero-order valence-corrected chi connectivity index (χ0v) is 19.7. The predicted molar refractivity (Wildman–Crippen MR) is 123 cm³/mol. The first-order valence-electron chi connectivity index (χ1n) is 10.2. The number of nitro groups is 1. The first kappa shape index (κ1) is 23.7. The molecular weight excluding hydrogens is 484 g/mol. The number of non-ortho nitro benzene ring substituents is 1. The third-order valence-corrected chi connectivity index (χ3v) is 8.35. The van der Waals surface area contributed by atoms with Crippen molar-refractivity contribution in [1.82, 2.24) is 8.87 Å². The number of ether oxygens (including phenoxy) is 1. The molecule has 0 N–H and O–H groups in total. The number of carbonyl (C=O) groups is 2. The number of thiazole rings is 1. The van der Waals surface area contributed by atoms with Crippen LogP contribution < -0.4 is 4.80 Å². The van der Waals surface area contributed by atoms with E-state index in [1.165, 1.54) is 58.4 Å². The molecule has 34 heavy (non-hydrogen) atoms. The Bertz CT molecular complexity index is 1450. The lowest BCUT2D eigenvalue weighted by Crippen LogP contribution is -2.27. The van der Waals surface area contributed by atoms with E-state index < -0.39 is 26.8 Å². The molecule has 3 aromatic rings. The fourth-order valence-corrected chi connectivity index (χ4v) is 6.18. The number of rotatable bonds is 6. The van der Waals surface area contributed by atoms with E-state index >= 15 is 0 Å². The second kappa shape index (κ2) is 9.44. The van der Waals surface area contributed by atoms with Crippen LogP contribution in [0.15, 0.2) is 52.4 Å². The van der Waals surface area contributed by atoms with E-state index in [1.807, 2.05) is 0 Å². The van der Waals surface area contributed by atoms with Crippen LogP contribution in [0.5, 0.6) is 0 Å². The highest BCUT2D eigenvalue weighted by Gasteiger charge is 2.27. The Morgan fingerprint density at radius 2 is 1.82 bits per heavy atom. The summed E-state index contributed by atoms with van der Waals surface area (Å²) in [7, 11) is -2.38. The number of methoxy groups -OCH3 is 1. The van der Waals surface area contributed by atoms with Crippen LogP contribution in [-0.2, 0) is 26.1 Å². The summed E-state index contributed by atoms with van der Waals surface area (Å²) in [5, 5.41) is 11.1. The number of nitro benzene ring substituents is 1. The molecule has 1 fully saturated rings. The van der Waals surface area contributed by atoms with E-state index in [-0.39, 0.29) is 27.5 Å². The predicted octanol–water partition coefficient (Wildman–Crippen LogP) is 2.31. The number of hydrogen-bond donors (Lipinski definition) is 0. The van der Waals surface area contributed by atoms with Crippen molar-refractivity contribution >= 4 is 49.1 Å². The normalized spacial score (nSPS) is 15.0. The molecule has 11 nitrogen and oxygen atoms in total. The molecule has 1 aliphatic rings. The van der Waals surface area contributed by atoms with Gasteiger partial charge in [-0.1, -0.05) is 11.3 Å². The second-order valence-corrected chi connectivity index (χ2v) is 10.5. The number of amides is 1. The lowest BCUT2D eigenvalue weighted by Gasteiger charge is -2.15. The minimum atomic E-state index is -3.61. The zero-order chi connectivity index (χ0) is 24.5. The van der Waals surface area contributed by atoms with Crippen molar-refractivity contribution in [2.75, 3.05) is 20.2 Å². The average Bonchev–Trinajstić information content (AvgIpc) is 3.48. The summed E-state index contributed by atoms with van der Waals surface area (Å²) in [6, 6.07) is 9.63. The number of aromatic nitrogens is 1. The summed E-state index contributed by atoms with van der Waals surface area (Å²) in [6.07, 6.45) is 1.64. The number of sulfonamides is 1. The number of benzene rings is 2. The minimum absolute atomic E-state index is 0.0980. The summed E-state index contributed by atoms with van der Waals surface area (Å²) < 4.78 is 33.4. The standard InChI is InChI=1S/C21H20N4O7S2/c1-32-19(26)13-24-17-9-6-15(25(28)29)12-18(17)33-21(24)22-20(27)14-4-7-16(8-5-14)34(30,31)23-10-2-3-11-23/h4-9,12H,2-3,10-11,13H2,1H3. The first-order chi connectivity index (χ1) is 16.2. The Hall–Kier alpha value is -3.42. The molecule has 0 saturated carbocycles. The third-order valence-electron chi connectivity index (χ3n) is 5.39. The fourth-order valence-electron chi connectivity index (χ4n) is 3.61. The van der Waals surface area contributed by atoms with Gasteiger partial charge in [-0.15, -0.1) is 0 Å². The van der Waals surface area contributed by atoms with E-state index in [2.05, 4.69) is 4.99 Å². The maximum atomic E-state index is 12.8. The van der Waals surface area contributed by atoms with Crippen LogP contribution in [0.2, 0.25) is 0 Å². The average molecular weight is 505 g/mol. The summed E-state index contributed by atoms with van der Waals surface area (Å²) in [5.41, 5.74) is 0.514. The van der Waals surface area contributed by atoms with Gasteiger partial charge >= 0.3 is 5.97 Å². The van der Waals surface area contributed by atoms with Gasteiger partial charge in [0, 0.05) is 30.8 Å². The molecule has 0 atom stereocenters. The zero-order valence-electron chi connectivity index (χ0n) is 18.0. The van der Waals surface area contributed by atoms with Crippen LogP contribution in [0.1, 0.15) is 23.2 Å². The summed E-state index contributed by atoms with van der Waals surface area (Å²) in [5.74, 6) is -1.23. The van der Waals surface area contributed by atoms with Crippen LogP contribution in [0.4, 0.5) is 5.69 Å². The highest BCUT2D eigenvalue weighted by atomic mass is 32.2. The van der Waals surface area contributed by atoms with Crippen molar-refractivity contribution in [3.63, 3.8) is 0 Å². The molecule has 0 bridgehead atoms. The Morgan fingerprint density at radius 1 is 1.15 bits per heavy atom. The molecular formula is C21H20N4O7S2. The molecule has 1 amide bonds. The monoisotopic (exact) mass is 504 g/mol. The smallest absolute Gasteiger partial charge is 0.325 e. The summed E-state index contributed by atoms with van der Waals surface area (Å²) in [6.45, 7) is 0.707. The van der Waals surface area contributed by atoms with Crippen molar-refractivity contribution in [1.29, 1.82) is 0 Å². The minimum Gasteiger partial charge on any atom is -0.468 e. The number of fused-ring (bicyclic) bond motifs is 1. The Morgan fingerprint density at radius 3 is 2.44 bits per heavy atom. The number of hydrogen-bond acceptors (Lipinski definition) is 8. The van der Waals surface area contributed by atoms with E-state index in [0.29, 0.717) is 23.3 Å². The Labute approximate surface area is 198 Å². The van der Waals surface area contributed by atoms with E-state index in [4.69, 9.17) is 4.74 Å². The topological polar surface area (TPSA) is 141 Å². The fraction of sp³-hybridized carbons (Fsp3) is 0.286. The van der Waals surface area contributed by atoms with Crippen LogP contribution in [0.3, 0.4) is 0 Å². The molecule has 13 heteroatoms. The molecule has 2 aromatic carbocycles. The van der Waals surface area contributed by atoms with Gasteiger partial charge in [0.2, 0.25) is 10.0 Å². The van der Waals surface area contributed by atoms with Crippen LogP contribution in [0, 0.1) is 10.1 Å². The highest BCUT2D eigenvalue weighted by Crippen LogP contribution is 2.24. The molecule has 1 aliphatic heterocycles. The first-order valence-corrected chi connectivity index (χ1v) is 12.5. The van der Waals surface area contributed by atoms with Gasteiger partial charge < -0.3 is 9.30 Å². The van der Waals surface area contributed by atoms with Crippen LogP contribution in [-0.4, -0.2) is 54.3 Å². The number of nitrogens with zero attached hydrogens (tertiary/aromatic N) is 4. The van der Waals surface area contributed by atoms with Gasteiger partial charge in [0.1, 0.15) is 6.54 Å². The van der Waals surface area contributed by atoms with E-state index in [9.17, 15) is 28.1 Å². The summed E-state index contributed by atoms with van der Waals surface area (Å²) in [4.78, 5) is 39.7. The number of carbonyl (C=O) groups excluding carboxylic acids is 2. The largest absolute Gasteiger partial charge is 0.468 e. The molecule has 0 unspecified atom stereocenters. The maximum Gasteiger partial charge on any atom is 0.325 e. The SMILES string of the molecule is COC(=O)Cn1c(=NC(=O)c2ccc(S(=O)(=O)N3CCCC3)cc2)sc2cc([N+](=O)[O-])ccc21. The Balaban J connectivity index is 1.71. The van der Waals surface area contributed by atoms with Gasteiger partial charge in [-0.05, 0) is 43.2 Å². The Kier molecular flexibility index (Phi) is 6.59. The molecule has 4 rings (SSSR count). The van der Waals surface area contributed by atoms with Gasteiger partial charge in [0.05, 0.1) is 27.1 Å². The molecule has 1 aromatic heterocycles. The van der Waals surface area contributed by atoms with Crippen molar-refractivity contribution in [2.45, 2.75) is 24.3 Å². The third kappa shape index (κ3) is 4.62. The lowest BCUT2D eigenvalue weighted by atomic mass is 10.2. The lowest BCUT2D eigenvalue weighted by molar-refractivity contribution is -0.384. The van der Waals surface area contributed by atoms with E-state index in [0.717, 1.165) is 24.2 Å². The molecule has 0 aliphatic carbocycles. The maximum absolute atomic E-state index is 12.8. The van der Waals surface area contributed by atoms with Gasteiger partial charge in [-0.3, -0.25) is 19.7 Å². The van der Waals surface area contributed by atoms with Gasteiger partial charge in [-0.2, -0.15) is 9.30 Å². The highest BCUT2D eigenvalue weighted by molar-refractivity contribution is 7.89. The second-order valence-electron chi connectivity index (χ2n) is 7.51. The van der Waals surface area contributed by atoms with Gasteiger partial charge in [-0.25, -0.2) is 8.42 Å². The van der Waals surface area contributed by atoms with Crippen molar-refractivity contribution in [3.05, 3.63) is 62.9 Å². The van der Waals surface area contributed by atoms with Crippen LogP contribution in [0.25, 0.3) is 10.2 Å². The van der Waals surface area contributed by atoms with Crippen LogP contribution >= 0.6 is 11.3 Å². The quantitative estimate of drug-likeness (QED) is 0.285. The molecule has 0 radical (unpaired) electrons. The van der Waals surface area contributed by atoms with Gasteiger partial charge in [0.15, 0.2) is 4.80 Å². The van der Waals surface area contributed by atoms with Gasteiger partial charge in [0.25, 0.3) is 11.6 Å². The molecule has 0 spiro atoms. The molecule has 2 heterocycles. The van der Waals surface area contributed by atoms with Crippen molar-refractivity contribution < 1.29 is 27.7 Å². The number of esters is 1. The van der Waals surface area contributed by atoms with Crippen molar-refractivity contribution in [3.8, 4) is 0 Å². The molecule has 178 valence electrons. The summed E-state index contributed by atoms with van der Waals surface area (Å²) >= 11 is 1.02. The van der Waals surface area contributed by atoms with Crippen molar-refractivity contribution in [2.24, 2.45) is 4.99 Å². The van der Waals surface area contributed by atoms with E-state index in [1.54, 1.807) is 0 Å².